The van der Waals surface area contributed by atoms with Crippen molar-refractivity contribution in [1.82, 2.24) is 16.2 Å². The summed E-state index contributed by atoms with van der Waals surface area (Å²) in [7, 11) is -2.54. The van der Waals surface area contributed by atoms with Crippen LogP contribution in [0, 0.1) is 6.92 Å². The third kappa shape index (κ3) is 4.68. The van der Waals surface area contributed by atoms with E-state index >= 15 is 0 Å². The first kappa shape index (κ1) is 20.3. The quantitative estimate of drug-likeness (QED) is 0.567. The summed E-state index contributed by atoms with van der Waals surface area (Å²) in [6.45, 7) is 2.46. The Balaban J connectivity index is 1.64. The number of benzene rings is 2. The van der Waals surface area contributed by atoms with E-state index in [0.29, 0.717) is 18.5 Å². The molecule has 8 nitrogen and oxygen atoms in total. The predicted octanol–water partition coefficient (Wildman–Crippen LogP) is 0.875. The molecule has 150 valence electrons. The number of carbonyl (C=O) groups excluding carboxylic acids is 1. The smallest absolute Gasteiger partial charge is 0.241 e. The molecule has 0 saturated carbocycles. The number of ether oxygens (including phenoxy) is 1. The second-order valence-electron chi connectivity index (χ2n) is 6.79. The molecule has 2 aromatic carbocycles. The van der Waals surface area contributed by atoms with Crippen LogP contribution in [0.4, 0.5) is 0 Å². The van der Waals surface area contributed by atoms with Crippen molar-refractivity contribution >= 4 is 15.9 Å². The second-order valence-corrected chi connectivity index (χ2v) is 8.32. The Hall–Kier alpha value is -2.46. The van der Waals surface area contributed by atoms with Crippen molar-refractivity contribution in [2.24, 2.45) is 5.14 Å². The largest absolute Gasteiger partial charge is 0.495 e. The molecule has 3 rings (SSSR count). The minimum atomic E-state index is -3.92. The van der Waals surface area contributed by atoms with Gasteiger partial charge in [0.05, 0.1) is 7.11 Å². The highest BCUT2D eigenvalue weighted by Gasteiger charge is 2.31. The summed E-state index contributed by atoms with van der Waals surface area (Å²) in [6, 6.07) is 12.1. The SMILES string of the molecule is COc1ccc(C2CC(C(=O)NCc3ccc(C)cc3)NN2)cc1S(N)(=O)=O. The lowest BCUT2D eigenvalue weighted by atomic mass is 10.0. The highest BCUT2D eigenvalue weighted by molar-refractivity contribution is 7.89. The molecule has 28 heavy (non-hydrogen) atoms. The molecule has 1 saturated heterocycles. The summed E-state index contributed by atoms with van der Waals surface area (Å²) in [4.78, 5) is 12.4. The third-order valence-corrected chi connectivity index (χ3v) is 5.64. The fourth-order valence-electron chi connectivity index (χ4n) is 3.10. The number of methoxy groups -OCH3 is 1. The molecule has 0 radical (unpaired) electrons. The molecule has 2 atom stereocenters. The lowest BCUT2D eigenvalue weighted by Crippen LogP contribution is -2.42. The first-order valence-corrected chi connectivity index (χ1v) is 10.4. The van der Waals surface area contributed by atoms with Gasteiger partial charge in [-0.05, 0) is 36.6 Å². The Bertz CT molecular complexity index is 960. The molecule has 0 bridgehead atoms. The van der Waals surface area contributed by atoms with Crippen LogP contribution in [-0.2, 0) is 21.4 Å². The van der Waals surface area contributed by atoms with Crippen molar-refractivity contribution < 1.29 is 17.9 Å². The summed E-state index contributed by atoms with van der Waals surface area (Å²) >= 11 is 0. The van der Waals surface area contributed by atoms with Crippen LogP contribution in [0.5, 0.6) is 5.75 Å². The van der Waals surface area contributed by atoms with Gasteiger partial charge in [-0.3, -0.25) is 4.79 Å². The highest BCUT2D eigenvalue weighted by Crippen LogP contribution is 2.29. The van der Waals surface area contributed by atoms with E-state index in [9.17, 15) is 13.2 Å². The summed E-state index contributed by atoms with van der Waals surface area (Å²) < 4.78 is 28.7. The first-order chi connectivity index (χ1) is 13.3. The number of sulfonamides is 1. The Morgan fingerprint density at radius 2 is 1.93 bits per heavy atom. The number of rotatable bonds is 6. The Morgan fingerprint density at radius 1 is 1.21 bits per heavy atom. The van der Waals surface area contributed by atoms with Gasteiger partial charge in [0, 0.05) is 12.6 Å². The van der Waals surface area contributed by atoms with E-state index in [1.165, 1.54) is 13.2 Å². The summed E-state index contributed by atoms with van der Waals surface area (Å²) in [5.74, 6) is 0.0559. The number of nitrogens with two attached hydrogens (primary N) is 1. The molecule has 0 spiro atoms. The molecule has 1 aliphatic heterocycles. The molecular weight excluding hydrogens is 380 g/mol. The van der Waals surface area contributed by atoms with E-state index in [1.54, 1.807) is 12.1 Å². The second kappa shape index (κ2) is 8.27. The van der Waals surface area contributed by atoms with Crippen LogP contribution in [0.15, 0.2) is 47.4 Å². The van der Waals surface area contributed by atoms with Gasteiger partial charge in [-0.1, -0.05) is 35.9 Å². The van der Waals surface area contributed by atoms with Crippen LogP contribution in [-0.4, -0.2) is 27.5 Å². The Labute approximate surface area is 164 Å². The van der Waals surface area contributed by atoms with Crippen molar-refractivity contribution in [2.45, 2.75) is 36.9 Å². The highest BCUT2D eigenvalue weighted by atomic mass is 32.2. The lowest BCUT2D eigenvalue weighted by molar-refractivity contribution is -0.123. The van der Waals surface area contributed by atoms with Crippen molar-refractivity contribution in [2.75, 3.05) is 7.11 Å². The molecule has 1 fully saturated rings. The van der Waals surface area contributed by atoms with Gasteiger partial charge < -0.3 is 10.1 Å². The van der Waals surface area contributed by atoms with E-state index in [1.807, 2.05) is 31.2 Å². The molecule has 2 aromatic rings. The number of carbonyl (C=O) groups is 1. The zero-order valence-electron chi connectivity index (χ0n) is 15.7. The monoisotopic (exact) mass is 404 g/mol. The molecule has 0 aliphatic carbocycles. The predicted molar refractivity (Wildman–Crippen MR) is 105 cm³/mol. The van der Waals surface area contributed by atoms with Gasteiger partial charge in [0.1, 0.15) is 16.7 Å². The van der Waals surface area contributed by atoms with Gasteiger partial charge in [0.15, 0.2) is 0 Å². The standard InChI is InChI=1S/C19H24N4O4S/c1-12-3-5-13(6-4-12)11-21-19(24)16-10-15(22-23-16)14-7-8-17(27-2)18(9-14)28(20,25)26/h3-9,15-16,22-23H,10-11H2,1-2H3,(H,21,24)(H2,20,25,26). The lowest BCUT2D eigenvalue weighted by Gasteiger charge is -2.13. The van der Waals surface area contributed by atoms with Crippen LogP contribution >= 0.6 is 0 Å². The van der Waals surface area contributed by atoms with Crippen LogP contribution in [0.1, 0.15) is 29.2 Å². The summed E-state index contributed by atoms with van der Waals surface area (Å²) in [6.07, 6.45) is 0.468. The van der Waals surface area contributed by atoms with Crippen LogP contribution in [0.2, 0.25) is 0 Å². The van der Waals surface area contributed by atoms with Crippen molar-refractivity contribution in [1.29, 1.82) is 0 Å². The number of nitrogens with one attached hydrogen (secondary N) is 3. The number of hydrazine groups is 1. The van der Waals surface area contributed by atoms with Crippen molar-refractivity contribution in [3.63, 3.8) is 0 Å². The Kier molecular flexibility index (Phi) is 5.99. The molecule has 1 heterocycles. The van der Waals surface area contributed by atoms with Crippen LogP contribution < -0.4 is 26.0 Å². The molecule has 0 aromatic heterocycles. The average Bonchev–Trinajstić information content (AvgIpc) is 3.16. The average molecular weight is 404 g/mol. The van der Waals surface area contributed by atoms with E-state index < -0.39 is 16.1 Å². The Morgan fingerprint density at radius 3 is 2.57 bits per heavy atom. The van der Waals surface area contributed by atoms with E-state index in [-0.39, 0.29) is 22.6 Å². The van der Waals surface area contributed by atoms with Gasteiger partial charge in [-0.2, -0.15) is 0 Å². The fourth-order valence-corrected chi connectivity index (χ4v) is 3.83. The van der Waals surface area contributed by atoms with Gasteiger partial charge in [0.2, 0.25) is 15.9 Å². The maximum absolute atomic E-state index is 12.4. The van der Waals surface area contributed by atoms with Crippen LogP contribution in [0.3, 0.4) is 0 Å². The molecule has 1 aliphatic rings. The zero-order valence-corrected chi connectivity index (χ0v) is 16.5. The third-order valence-electron chi connectivity index (χ3n) is 4.70. The van der Waals surface area contributed by atoms with E-state index in [0.717, 1.165) is 11.1 Å². The number of amides is 1. The van der Waals surface area contributed by atoms with Crippen LogP contribution in [0.25, 0.3) is 0 Å². The summed E-state index contributed by atoms with van der Waals surface area (Å²) in [5.41, 5.74) is 8.89. The van der Waals surface area contributed by atoms with Crippen molar-refractivity contribution in [3.8, 4) is 5.75 Å². The van der Waals surface area contributed by atoms with E-state index in [4.69, 9.17) is 9.88 Å². The number of primary sulfonamides is 1. The van der Waals surface area contributed by atoms with Gasteiger partial charge in [0.25, 0.3) is 0 Å². The van der Waals surface area contributed by atoms with Crippen molar-refractivity contribution in [3.05, 3.63) is 59.2 Å². The van der Waals surface area contributed by atoms with Gasteiger partial charge >= 0.3 is 0 Å². The minimum absolute atomic E-state index is 0.0819. The molecular formula is C19H24N4O4S. The number of aryl methyl sites for hydroxylation is 1. The molecule has 1 amide bonds. The fraction of sp³-hybridized carbons (Fsp3) is 0.316. The number of hydrogen-bond donors (Lipinski definition) is 4. The molecule has 9 heteroatoms. The molecule has 5 N–H and O–H groups in total. The summed E-state index contributed by atoms with van der Waals surface area (Å²) in [5, 5.41) is 8.18. The normalized spacial score (nSPS) is 19.4. The molecule has 2 unspecified atom stereocenters. The van der Waals surface area contributed by atoms with Gasteiger partial charge in [-0.25, -0.2) is 24.4 Å². The minimum Gasteiger partial charge on any atom is -0.495 e. The topological polar surface area (TPSA) is 123 Å². The number of hydrogen-bond acceptors (Lipinski definition) is 6. The van der Waals surface area contributed by atoms with Gasteiger partial charge in [-0.15, -0.1) is 0 Å². The maximum atomic E-state index is 12.4. The zero-order chi connectivity index (χ0) is 20.3. The van der Waals surface area contributed by atoms with E-state index in [2.05, 4.69) is 16.2 Å². The first-order valence-electron chi connectivity index (χ1n) is 8.83. The maximum Gasteiger partial charge on any atom is 0.241 e.